The average molecular weight is 540 g/mol. The van der Waals surface area contributed by atoms with Gasteiger partial charge in [-0.1, -0.05) is 96.6 Å². The summed E-state index contributed by atoms with van der Waals surface area (Å²) in [5.74, 6) is 1.03. The van der Waals surface area contributed by atoms with Crippen LogP contribution in [0, 0.1) is 6.92 Å². The van der Waals surface area contributed by atoms with Crippen LogP contribution in [0.4, 0.5) is 0 Å². The normalized spacial score (nSPS) is 11.5. The van der Waals surface area contributed by atoms with Gasteiger partial charge in [0.05, 0.1) is 22.1 Å². The Kier molecular flexibility index (Phi) is 5.75. The molecule has 0 N–H and O–H groups in total. The second-order valence-corrected chi connectivity index (χ2v) is 10.9. The zero-order valence-corrected chi connectivity index (χ0v) is 23.4. The van der Waals surface area contributed by atoms with Gasteiger partial charge in [0.25, 0.3) is 0 Å². The summed E-state index contributed by atoms with van der Waals surface area (Å²) >= 11 is 0. The van der Waals surface area contributed by atoms with E-state index in [0.29, 0.717) is 0 Å². The van der Waals surface area contributed by atoms with Crippen molar-refractivity contribution in [3.05, 3.63) is 163 Å². The topological polar surface area (TPSA) is 22.8 Å². The summed E-state index contributed by atoms with van der Waals surface area (Å²) in [6.07, 6.45) is 0.725. The van der Waals surface area contributed by atoms with E-state index < -0.39 is 0 Å². The molecule has 0 unspecified atom stereocenters. The number of aromatic nitrogens is 3. The summed E-state index contributed by atoms with van der Waals surface area (Å²) in [4.78, 5) is 5.11. The molecule has 0 aliphatic carbocycles. The summed E-state index contributed by atoms with van der Waals surface area (Å²) < 4.78 is 4.67. The SMILES string of the molecule is Cc1ccc(-n2c3ccccc3c3cc(-c4ccccc4Cc4nc5ccccc5n4-c4ccccc4)ccc32)cc1. The fraction of sp³-hybridized carbons (Fsp3) is 0.0513. The first-order chi connectivity index (χ1) is 20.7. The summed E-state index contributed by atoms with van der Waals surface area (Å²) in [6, 6.07) is 52.1. The van der Waals surface area contributed by atoms with Crippen molar-refractivity contribution in [3.8, 4) is 22.5 Å². The number of benzene rings is 6. The van der Waals surface area contributed by atoms with Gasteiger partial charge < -0.3 is 4.57 Å². The van der Waals surface area contributed by atoms with Gasteiger partial charge in [-0.05, 0) is 78.2 Å². The predicted octanol–water partition coefficient (Wildman–Crippen LogP) is 9.69. The van der Waals surface area contributed by atoms with Gasteiger partial charge in [-0.25, -0.2) is 4.98 Å². The molecule has 0 atom stereocenters. The van der Waals surface area contributed by atoms with E-state index in [4.69, 9.17) is 4.98 Å². The standard InChI is InChI=1S/C39H29N3/c1-27-19-22-31(23-20-27)41-36-17-9-7-15-33(36)34-25-29(21-24-37(34)41)32-14-6-5-11-28(32)26-39-40-35-16-8-10-18-38(35)42(39)30-12-3-2-4-13-30/h2-25H,26H2,1H3. The van der Waals surface area contributed by atoms with E-state index in [0.717, 1.165) is 29.0 Å². The molecule has 2 aromatic heterocycles. The van der Waals surface area contributed by atoms with Gasteiger partial charge in [0.1, 0.15) is 5.82 Å². The fourth-order valence-corrected chi connectivity index (χ4v) is 6.30. The number of aryl methyl sites for hydroxylation is 1. The Morgan fingerprint density at radius 2 is 1.19 bits per heavy atom. The van der Waals surface area contributed by atoms with Crippen LogP contribution in [0.2, 0.25) is 0 Å². The van der Waals surface area contributed by atoms with Gasteiger partial charge in [-0.2, -0.15) is 0 Å². The number of rotatable bonds is 5. The Morgan fingerprint density at radius 3 is 2.05 bits per heavy atom. The Hall–Kier alpha value is -5.41. The van der Waals surface area contributed by atoms with Crippen LogP contribution in [0.3, 0.4) is 0 Å². The van der Waals surface area contributed by atoms with Crippen LogP contribution in [0.5, 0.6) is 0 Å². The highest BCUT2D eigenvalue weighted by atomic mass is 15.1. The molecule has 0 spiro atoms. The molecule has 8 aromatic rings. The Bertz CT molecular complexity index is 2220. The minimum absolute atomic E-state index is 0.725. The van der Waals surface area contributed by atoms with Crippen LogP contribution in [-0.2, 0) is 6.42 Å². The molecule has 6 aromatic carbocycles. The number of para-hydroxylation sites is 4. The molecule has 3 heteroatoms. The van der Waals surface area contributed by atoms with E-state index in [-0.39, 0.29) is 0 Å². The molecule has 42 heavy (non-hydrogen) atoms. The van der Waals surface area contributed by atoms with Crippen LogP contribution < -0.4 is 0 Å². The van der Waals surface area contributed by atoms with Crippen molar-refractivity contribution < 1.29 is 0 Å². The van der Waals surface area contributed by atoms with Gasteiger partial charge in [0.2, 0.25) is 0 Å². The lowest BCUT2D eigenvalue weighted by Crippen LogP contribution is -2.03. The minimum atomic E-state index is 0.725. The fourth-order valence-electron chi connectivity index (χ4n) is 6.30. The van der Waals surface area contributed by atoms with Crippen molar-refractivity contribution in [2.45, 2.75) is 13.3 Å². The maximum Gasteiger partial charge on any atom is 0.118 e. The molecular weight excluding hydrogens is 510 g/mol. The van der Waals surface area contributed by atoms with E-state index in [9.17, 15) is 0 Å². The van der Waals surface area contributed by atoms with Gasteiger partial charge in [0, 0.05) is 28.6 Å². The maximum atomic E-state index is 5.11. The summed E-state index contributed by atoms with van der Waals surface area (Å²) in [5, 5.41) is 2.52. The van der Waals surface area contributed by atoms with Crippen molar-refractivity contribution in [2.24, 2.45) is 0 Å². The number of imidazole rings is 1. The van der Waals surface area contributed by atoms with Crippen LogP contribution in [0.25, 0.3) is 55.3 Å². The molecule has 0 aliphatic heterocycles. The molecule has 200 valence electrons. The van der Waals surface area contributed by atoms with Crippen LogP contribution in [0.1, 0.15) is 17.0 Å². The molecule has 0 aliphatic rings. The average Bonchev–Trinajstić information content (AvgIpc) is 3.57. The van der Waals surface area contributed by atoms with Gasteiger partial charge in [-0.15, -0.1) is 0 Å². The van der Waals surface area contributed by atoms with Crippen LogP contribution >= 0.6 is 0 Å². The van der Waals surface area contributed by atoms with E-state index in [1.165, 1.54) is 49.7 Å². The van der Waals surface area contributed by atoms with Crippen LogP contribution in [-0.4, -0.2) is 14.1 Å². The first kappa shape index (κ1) is 24.4. The molecule has 8 rings (SSSR count). The smallest absolute Gasteiger partial charge is 0.118 e. The number of hydrogen-bond donors (Lipinski definition) is 0. The van der Waals surface area contributed by atoms with Crippen molar-refractivity contribution in [2.75, 3.05) is 0 Å². The molecule has 0 fully saturated rings. The lowest BCUT2D eigenvalue weighted by Gasteiger charge is -2.13. The summed E-state index contributed by atoms with van der Waals surface area (Å²) in [7, 11) is 0. The molecule has 2 heterocycles. The summed E-state index contributed by atoms with van der Waals surface area (Å²) in [6.45, 7) is 2.13. The first-order valence-corrected chi connectivity index (χ1v) is 14.4. The second-order valence-electron chi connectivity index (χ2n) is 10.9. The zero-order chi connectivity index (χ0) is 28.0. The largest absolute Gasteiger partial charge is 0.309 e. The van der Waals surface area contributed by atoms with E-state index in [2.05, 4.69) is 162 Å². The van der Waals surface area contributed by atoms with E-state index >= 15 is 0 Å². The molecule has 0 radical (unpaired) electrons. The molecule has 0 bridgehead atoms. The lowest BCUT2D eigenvalue weighted by molar-refractivity contribution is 0.934. The van der Waals surface area contributed by atoms with Crippen molar-refractivity contribution in [3.63, 3.8) is 0 Å². The molecule has 3 nitrogen and oxygen atoms in total. The Morgan fingerprint density at radius 1 is 0.524 bits per heavy atom. The monoisotopic (exact) mass is 539 g/mol. The lowest BCUT2D eigenvalue weighted by atomic mass is 9.96. The predicted molar refractivity (Wildman–Crippen MR) is 175 cm³/mol. The second kappa shape index (κ2) is 9.90. The van der Waals surface area contributed by atoms with E-state index in [1.807, 2.05) is 0 Å². The zero-order valence-electron chi connectivity index (χ0n) is 23.4. The van der Waals surface area contributed by atoms with Crippen molar-refractivity contribution >= 4 is 32.8 Å². The van der Waals surface area contributed by atoms with Gasteiger partial charge in [-0.3, -0.25) is 4.57 Å². The maximum absolute atomic E-state index is 5.11. The third-order valence-electron chi connectivity index (χ3n) is 8.29. The highest BCUT2D eigenvalue weighted by Crippen LogP contribution is 2.36. The summed E-state index contributed by atoms with van der Waals surface area (Å²) in [5.41, 5.74) is 11.9. The van der Waals surface area contributed by atoms with Crippen molar-refractivity contribution in [1.82, 2.24) is 14.1 Å². The molecule has 0 saturated heterocycles. The number of nitrogens with zero attached hydrogens (tertiary/aromatic N) is 3. The Balaban J connectivity index is 1.28. The Labute approximate surface area is 244 Å². The third kappa shape index (κ3) is 4.02. The highest BCUT2D eigenvalue weighted by Gasteiger charge is 2.17. The van der Waals surface area contributed by atoms with Gasteiger partial charge in [0.15, 0.2) is 0 Å². The number of hydrogen-bond acceptors (Lipinski definition) is 1. The van der Waals surface area contributed by atoms with Crippen molar-refractivity contribution in [1.29, 1.82) is 0 Å². The molecule has 0 saturated carbocycles. The van der Waals surface area contributed by atoms with Crippen LogP contribution in [0.15, 0.2) is 146 Å². The third-order valence-corrected chi connectivity index (χ3v) is 8.29. The highest BCUT2D eigenvalue weighted by molar-refractivity contribution is 6.10. The van der Waals surface area contributed by atoms with Gasteiger partial charge >= 0.3 is 0 Å². The number of fused-ring (bicyclic) bond motifs is 4. The minimum Gasteiger partial charge on any atom is -0.309 e. The molecule has 0 amide bonds. The quantitative estimate of drug-likeness (QED) is 0.213. The van der Waals surface area contributed by atoms with E-state index in [1.54, 1.807) is 0 Å². The first-order valence-electron chi connectivity index (χ1n) is 14.4. The molecular formula is C39H29N3.